The van der Waals surface area contributed by atoms with Crippen molar-refractivity contribution in [3.8, 4) is 11.8 Å². The molecule has 3 fully saturated rings. The number of pyridine rings is 1. The van der Waals surface area contributed by atoms with E-state index in [1.54, 1.807) is 61.7 Å². The van der Waals surface area contributed by atoms with Crippen LogP contribution in [0.5, 0.6) is 5.75 Å². The summed E-state index contributed by atoms with van der Waals surface area (Å²) in [6.07, 6.45) is 0.312. The van der Waals surface area contributed by atoms with Crippen LogP contribution < -0.4 is 25.6 Å². The Morgan fingerprint density at radius 1 is 0.969 bits per heavy atom. The van der Waals surface area contributed by atoms with Gasteiger partial charge < -0.3 is 40.3 Å². The van der Waals surface area contributed by atoms with E-state index in [1.807, 2.05) is 19.9 Å². The van der Waals surface area contributed by atoms with Crippen molar-refractivity contribution in [3.63, 3.8) is 0 Å². The molecule has 65 heavy (non-hydrogen) atoms. The zero-order valence-electron chi connectivity index (χ0n) is 38.3. The Labute approximate surface area is 392 Å². The standard InChI is InChI=1S/C48H62Cl2N8O7/c1-29(2)22-39(43(62)54-30(3)44(63)58-28-35(59)23-38(58)42(61)53-26-31-8-12-34(49)13-9-31)64-21-20-56-16-18-57(19-17-56)40-15-11-33(27-52-40)41(60)55-45-47(4,5)46(48(45,6)7)65-36-14-10-32(25-51)37(50)24-36/h8-15,24,27,29-30,35,38-39,45-46,59H,16-23,26,28H2,1-7H3,(H,53,61)(H,54,62)(H,55,60)/t30-,35+,38-,39-,45?,46?/m0/s1. The van der Waals surface area contributed by atoms with Crippen molar-refractivity contribution in [1.82, 2.24) is 30.7 Å². The summed E-state index contributed by atoms with van der Waals surface area (Å²) < 4.78 is 12.5. The minimum absolute atomic E-state index is 0.00821. The van der Waals surface area contributed by atoms with E-state index in [9.17, 15) is 29.5 Å². The highest BCUT2D eigenvalue weighted by molar-refractivity contribution is 6.31. The van der Waals surface area contributed by atoms with E-state index in [-0.39, 0.29) is 49.4 Å². The molecule has 3 aliphatic rings. The number of ether oxygens (including phenoxy) is 2. The number of amides is 4. The third kappa shape index (κ3) is 11.9. The highest BCUT2D eigenvalue weighted by atomic mass is 35.5. The molecule has 4 N–H and O–H groups in total. The molecule has 0 radical (unpaired) electrons. The maximum Gasteiger partial charge on any atom is 0.253 e. The van der Waals surface area contributed by atoms with E-state index < -0.39 is 46.9 Å². The van der Waals surface area contributed by atoms with Crippen LogP contribution in [0.4, 0.5) is 5.82 Å². The SMILES string of the molecule is CC(C)C[C@H](OCCN1CCN(c2ccc(C(=O)NC3C(C)(C)C(Oc4ccc(C#N)c(Cl)c4)C3(C)C)cn2)CC1)C(=O)N[C@@H](C)C(=O)N1C[C@H](O)C[C@H]1C(=O)NCc1ccc(Cl)cc1. The average molecular weight is 934 g/mol. The number of aliphatic hydroxyl groups is 1. The number of carbonyl (C=O) groups excluding carboxylic acids is 4. The number of aromatic nitrogens is 1. The zero-order chi connectivity index (χ0) is 47.2. The Bertz CT molecular complexity index is 2190. The fraction of sp³-hybridized carbons (Fsp3) is 0.542. The van der Waals surface area contributed by atoms with Gasteiger partial charge in [0.25, 0.3) is 5.91 Å². The van der Waals surface area contributed by atoms with Crippen molar-refractivity contribution in [2.24, 2.45) is 16.7 Å². The van der Waals surface area contributed by atoms with Gasteiger partial charge in [-0.25, -0.2) is 4.98 Å². The Morgan fingerprint density at radius 3 is 2.28 bits per heavy atom. The first-order valence-electron chi connectivity index (χ1n) is 22.3. The molecule has 0 bridgehead atoms. The van der Waals surface area contributed by atoms with Gasteiger partial charge in [-0.15, -0.1) is 0 Å². The number of hydrogen-bond donors (Lipinski definition) is 4. The monoisotopic (exact) mass is 932 g/mol. The molecule has 4 atom stereocenters. The van der Waals surface area contributed by atoms with Crippen molar-refractivity contribution in [1.29, 1.82) is 5.26 Å². The van der Waals surface area contributed by atoms with Gasteiger partial charge in [-0.2, -0.15) is 5.26 Å². The number of rotatable bonds is 17. The lowest BCUT2D eigenvalue weighted by Crippen LogP contribution is -2.74. The normalized spacial score (nSPS) is 22.3. The van der Waals surface area contributed by atoms with Gasteiger partial charge >= 0.3 is 0 Å². The molecule has 1 aliphatic carbocycles. The molecule has 1 saturated carbocycles. The molecule has 0 unspecified atom stereocenters. The molecule has 350 valence electrons. The van der Waals surface area contributed by atoms with Crippen molar-refractivity contribution in [2.75, 3.05) is 50.8 Å². The van der Waals surface area contributed by atoms with E-state index in [4.69, 9.17) is 32.7 Å². The number of nitrogens with one attached hydrogen (secondary N) is 3. The van der Waals surface area contributed by atoms with Crippen LogP contribution in [0.3, 0.4) is 0 Å². The first-order valence-corrected chi connectivity index (χ1v) is 23.1. The molecule has 2 aromatic carbocycles. The van der Waals surface area contributed by atoms with E-state index in [0.29, 0.717) is 46.5 Å². The number of hydrogen-bond acceptors (Lipinski definition) is 11. The molecule has 4 amide bonds. The number of nitriles is 1. The largest absolute Gasteiger partial charge is 0.489 e. The predicted molar refractivity (Wildman–Crippen MR) is 249 cm³/mol. The van der Waals surface area contributed by atoms with Gasteiger partial charge in [-0.3, -0.25) is 24.1 Å². The number of aliphatic hydroxyl groups excluding tert-OH is 1. The van der Waals surface area contributed by atoms with E-state index in [1.165, 1.54) is 4.90 Å². The summed E-state index contributed by atoms with van der Waals surface area (Å²) in [6.45, 7) is 17.9. The fourth-order valence-corrected chi connectivity index (χ4v) is 9.89. The van der Waals surface area contributed by atoms with Crippen molar-refractivity contribution >= 4 is 52.6 Å². The van der Waals surface area contributed by atoms with E-state index in [2.05, 4.69) is 64.5 Å². The highest BCUT2D eigenvalue weighted by Crippen LogP contribution is 2.55. The lowest BCUT2D eigenvalue weighted by atomic mass is 9.49. The average Bonchev–Trinajstić information content (AvgIpc) is 3.67. The maximum atomic E-state index is 13.6. The van der Waals surface area contributed by atoms with Gasteiger partial charge in [0.05, 0.1) is 28.9 Å². The third-order valence-corrected chi connectivity index (χ3v) is 13.4. The van der Waals surface area contributed by atoms with Crippen LogP contribution in [-0.2, 0) is 25.7 Å². The molecule has 2 aliphatic heterocycles. The Kier molecular flexibility index (Phi) is 16.1. The number of benzene rings is 2. The summed E-state index contributed by atoms with van der Waals surface area (Å²) in [7, 11) is 0. The summed E-state index contributed by atoms with van der Waals surface area (Å²) in [5.41, 5.74) is 0.891. The lowest BCUT2D eigenvalue weighted by Gasteiger charge is -2.63. The van der Waals surface area contributed by atoms with Crippen LogP contribution in [0.25, 0.3) is 0 Å². The molecule has 17 heteroatoms. The molecule has 3 heterocycles. The van der Waals surface area contributed by atoms with Crippen molar-refractivity contribution < 1.29 is 33.8 Å². The van der Waals surface area contributed by atoms with Gasteiger partial charge in [-0.05, 0) is 61.2 Å². The number of β-amino-alcohol motifs (C(OH)–C–C–N with tert-alkyl or cyclic N) is 1. The van der Waals surface area contributed by atoms with Crippen LogP contribution in [-0.4, -0.2) is 126 Å². The summed E-state index contributed by atoms with van der Waals surface area (Å²) in [4.78, 5) is 64.2. The molecule has 0 spiro atoms. The van der Waals surface area contributed by atoms with Gasteiger partial charge in [0.1, 0.15) is 41.9 Å². The molecular weight excluding hydrogens is 871 g/mol. The minimum Gasteiger partial charge on any atom is -0.489 e. The first-order chi connectivity index (χ1) is 30.8. The van der Waals surface area contributed by atoms with E-state index >= 15 is 0 Å². The lowest BCUT2D eigenvalue weighted by molar-refractivity contribution is -0.164. The minimum atomic E-state index is -0.944. The molecule has 15 nitrogen and oxygen atoms in total. The van der Waals surface area contributed by atoms with Crippen molar-refractivity contribution in [2.45, 2.75) is 104 Å². The number of nitrogens with zero attached hydrogens (tertiary/aromatic N) is 5. The summed E-state index contributed by atoms with van der Waals surface area (Å²) in [5, 5.41) is 29.4. The third-order valence-electron chi connectivity index (χ3n) is 12.8. The topological polar surface area (TPSA) is 189 Å². The highest BCUT2D eigenvalue weighted by Gasteiger charge is 2.64. The summed E-state index contributed by atoms with van der Waals surface area (Å²) >= 11 is 12.2. The van der Waals surface area contributed by atoms with Gasteiger partial charge in [0, 0.05) is 86.4 Å². The van der Waals surface area contributed by atoms with Gasteiger partial charge in [0.2, 0.25) is 17.7 Å². The predicted octanol–water partition coefficient (Wildman–Crippen LogP) is 5.21. The fourth-order valence-electron chi connectivity index (χ4n) is 9.55. The molecule has 6 rings (SSSR count). The zero-order valence-corrected chi connectivity index (χ0v) is 39.8. The van der Waals surface area contributed by atoms with Crippen LogP contribution >= 0.6 is 23.2 Å². The number of piperazine rings is 1. The summed E-state index contributed by atoms with van der Waals surface area (Å²) in [5.74, 6) is 0.0533. The smallest absolute Gasteiger partial charge is 0.253 e. The number of carbonyl (C=O) groups is 4. The Balaban J connectivity index is 0.936. The van der Waals surface area contributed by atoms with Crippen LogP contribution in [0.15, 0.2) is 60.8 Å². The second-order valence-corrected chi connectivity index (χ2v) is 19.8. The Morgan fingerprint density at radius 2 is 1.66 bits per heavy atom. The molecule has 1 aromatic heterocycles. The summed E-state index contributed by atoms with van der Waals surface area (Å²) in [6, 6.07) is 15.8. The van der Waals surface area contributed by atoms with Gasteiger partial charge in [-0.1, -0.05) is 76.9 Å². The van der Waals surface area contributed by atoms with Crippen molar-refractivity contribution in [3.05, 3.63) is 87.5 Å². The van der Waals surface area contributed by atoms with Crippen LogP contribution in [0, 0.1) is 28.1 Å². The number of likely N-dealkylation sites (tertiary alicyclic amines) is 1. The van der Waals surface area contributed by atoms with Gasteiger partial charge in [0.15, 0.2) is 0 Å². The maximum absolute atomic E-state index is 13.6. The first kappa shape index (κ1) is 49.5. The Hall–Kier alpha value is -4.98. The second kappa shape index (κ2) is 21.1. The van der Waals surface area contributed by atoms with E-state index in [0.717, 1.165) is 37.6 Å². The quantitative estimate of drug-likeness (QED) is 0.139. The second-order valence-electron chi connectivity index (χ2n) is 19.0. The van der Waals surface area contributed by atoms with Crippen LogP contribution in [0.1, 0.15) is 82.8 Å². The molecule has 2 saturated heterocycles. The molecule has 3 aromatic rings. The number of halogens is 2. The van der Waals surface area contributed by atoms with Crippen LogP contribution in [0.2, 0.25) is 10.0 Å². The molecular formula is C48H62Cl2N8O7. The number of anilines is 1.